The Morgan fingerprint density at radius 1 is 0.791 bits per heavy atom. The zero-order valence-corrected chi connectivity index (χ0v) is 33.4. The maximum atomic E-state index is 3.53. The summed E-state index contributed by atoms with van der Waals surface area (Å²) in [5.74, 6) is 0. The molecule has 0 saturated heterocycles. The molecule has 0 amide bonds. The zero-order chi connectivity index (χ0) is 30.8. The largest absolute Gasteiger partial charge is 1.00 e. The van der Waals surface area contributed by atoms with Gasteiger partial charge in [-0.3, -0.25) is 0 Å². The first-order valence-electron chi connectivity index (χ1n) is 14.9. The summed E-state index contributed by atoms with van der Waals surface area (Å²) in [6.07, 6.45) is 1.03. The smallest absolute Gasteiger partial charge is 0.00418 e. The monoisotopic (exact) mass is 706 g/mol. The summed E-state index contributed by atoms with van der Waals surface area (Å²) < 4.78 is 1.46. The minimum absolute atomic E-state index is 0. The number of hydrogen-bond acceptors (Lipinski definition) is 0. The fourth-order valence-electron chi connectivity index (χ4n) is 5.28. The summed E-state index contributed by atoms with van der Waals surface area (Å²) in [6.45, 7) is 27.4. The van der Waals surface area contributed by atoms with Gasteiger partial charge in [0.05, 0.1) is 0 Å². The summed E-state index contributed by atoms with van der Waals surface area (Å²) >= 11 is 1.51. The van der Waals surface area contributed by atoms with Crippen molar-refractivity contribution in [2.24, 2.45) is 0 Å². The maximum absolute atomic E-state index is 3.53. The predicted molar refractivity (Wildman–Crippen MR) is 182 cm³/mol. The van der Waals surface area contributed by atoms with E-state index in [0.717, 1.165) is 6.42 Å². The van der Waals surface area contributed by atoms with Gasteiger partial charge in [-0.15, -0.1) is 5.56 Å². The average Bonchev–Trinajstić information content (AvgIpc) is 3.42. The third kappa shape index (κ3) is 10.8. The van der Waals surface area contributed by atoms with Crippen LogP contribution in [-0.2, 0) is 41.5 Å². The summed E-state index contributed by atoms with van der Waals surface area (Å²) in [5, 5.41) is 1.62. The second-order valence-corrected chi connectivity index (χ2v) is 21.6. The van der Waals surface area contributed by atoms with Gasteiger partial charge in [-0.25, -0.2) is 6.07 Å². The molecule has 0 N–H and O–H groups in total. The van der Waals surface area contributed by atoms with Crippen molar-refractivity contribution >= 4 is 16.5 Å². The molecule has 0 bridgehead atoms. The minimum Gasteiger partial charge on any atom is -1.00 e. The topological polar surface area (TPSA) is 0 Å². The Labute approximate surface area is 291 Å². The molecule has 0 fully saturated rings. The van der Waals surface area contributed by atoms with Crippen molar-refractivity contribution in [3.63, 3.8) is 0 Å². The second-order valence-electron chi connectivity index (χ2n) is 14.7. The molecule has 1 aliphatic rings. The van der Waals surface area contributed by atoms with Crippen molar-refractivity contribution in [2.75, 3.05) is 0 Å². The summed E-state index contributed by atoms with van der Waals surface area (Å²) in [5.41, 5.74) is 13.0. The van der Waals surface area contributed by atoms with Crippen LogP contribution in [0, 0.1) is 19.9 Å². The Kier molecular flexibility index (Phi) is 14.5. The van der Waals surface area contributed by atoms with E-state index in [1.54, 1.807) is 5.19 Å². The Hall–Kier alpha value is -1.44. The number of hydrogen-bond donors (Lipinski definition) is 0. The van der Waals surface area contributed by atoms with Crippen molar-refractivity contribution in [1.82, 2.24) is 0 Å². The van der Waals surface area contributed by atoms with E-state index < -0.39 is 8.07 Å². The van der Waals surface area contributed by atoms with E-state index in [9.17, 15) is 0 Å². The molecule has 0 unspecified atom stereocenters. The van der Waals surface area contributed by atoms with Crippen LogP contribution in [-0.4, -0.2) is 11.3 Å². The molecule has 4 heteroatoms. The fourth-order valence-corrected chi connectivity index (χ4v) is 7.61. The van der Waals surface area contributed by atoms with Crippen molar-refractivity contribution in [1.29, 1.82) is 0 Å². The van der Waals surface area contributed by atoms with E-state index in [-0.39, 0.29) is 35.6 Å². The standard InChI is InChI=1S/C21H25.C10H17Si.C8H8.2ClH.Zr/c1-20(2,3)16-9-7-14-11-15-8-10-17(21(4,5)6)13-19(15)18(14)12-16;1-8-6-9(2)10(7-8)11(3,4)5;1-2-8-6-4-3-5-7-8;;;/h7,9-10,12-13H,11H2,1-6H3;6-7H,1-5H3;3-7H,1H3;2*1H;/q2*-1;;;;+2/p-2. The van der Waals surface area contributed by atoms with Crippen LogP contribution in [0.15, 0.2) is 72.8 Å². The first-order valence-corrected chi connectivity index (χ1v) is 19.6. The molecule has 43 heavy (non-hydrogen) atoms. The van der Waals surface area contributed by atoms with Crippen LogP contribution >= 0.6 is 0 Å². The molecule has 0 radical (unpaired) electrons. The quantitative estimate of drug-likeness (QED) is 0.192. The molecule has 0 nitrogen and oxygen atoms in total. The van der Waals surface area contributed by atoms with E-state index in [2.05, 4.69) is 155 Å². The molecule has 0 aromatic heterocycles. The van der Waals surface area contributed by atoms with Gasteiger partial charge in [-0.2, -0.15) is 51.7 Å². The van der Waals surface area contributed by atoms with Crippen LogP contribution < -0.4 is 30.0 Å². The van der Waals surface area contributed by atoms with E-state index in [1.165, 1.54) is 77.5 Å². The van der Waals surface area contributed by atoms with E-state index >= 15 is 0 Å². The van der Waals surface area contributed by atoms with E-state index in [0.29, 0.717) is 0 Å². The molecular formula is C39H50Cl2SiZr-2. The van der Waals surface area contributed by atoms with Gasteiger partial charge in [0.25, 0.3) is 0 Å². The van der Waals surface area contributed by atoms with Gasteiger partial charge in [0, 0.05) is 8.07 Å². The average molecular weight is 709 g/mol. The molecule has 0 saturated carbocycles. The van der Waals surface area contributed by atoms with Gasteiger partial charge >= 0.3 is 70.3 Å². The molecule has 5 rings (SSSR count). The van der Waals surface area contributed by atoms with Gasteiger partial charge in [0.1, 0.15) is 0 Å². The van der Waals surface area contributed by atoms with Gasteiger partial charge in [0.2, 0.25) is 0 Å². The molecule has 0 heterocycles. The van der Waals surface area contributed by atoms with Crippen LogP contribution in [0.1, 0.15) is 87.4 Å². The van der Waals surface area contributed by atoms with Crippen LogP contribution in [0.25, 0.3) is 11.1 Å². The number of fused-ring (bicyclic) bond motifs is 3. The van der Waals surface area contributed by atoms with E-state index in [1.807, 2.05) is 6.07 Å². The normalized spacial score (nSPS) is 11.9. The van der Waals surface area contributed by atoms with Crippen molar-refractivity contribution < 1.29 is 49.0 Å². The molecule has 4 aromatic rings. The summed E-state index contributed by atoms with van der Waals surface area (Å²) in [7, 11) is -1.06. The molecule has 1 aliphatic carbocycles. The minimum atomic E-state index is -1.06. The first kappa shape index (κ1) is 39.6. The second kappa shape index (κ2) is 15.7. The molecule has 0 aliphatic heterocycles. The van der Waals surface area contributed by atoms with Crippen molar-refractivity contribution in [3.05, 3.63) is 118 Å². The predicted octanol–water partition coefficient (Wildman–Crippen LogP) is 4.00. The molecule has 0 spiro atoms. The SMILES string of the molecule is CC(C)(C)c1c[c-]c2c(c1)-c1cc(C(C)(C)C)ccc1C2.C[C](=[Zr+2])c1ccccc1.Cc1cc([Si](C)(C)C)c(C)[cH-]1.[Cl-].[Cl-]. The molecule has 4 aromatic carbocycles. The van der Waals surface area contributed by atoms with Crippen molar-refractivity contribution in [3.8, 4) is 11.1 Å². The van der Waals surface area contributed by atoms with E-state index in [4.69, 9.17) is 0 Å². The Balaban J connectivity index is 0.000000356. The first-order chi connectivity index (χ1) is 18.9. The third-order valence-electron chi connectivity index (χ3n) is 7.78. The van der Waals surface area contributed by atoms with Gasteiger partial charge in [0.15, 0.2) is 0 Å². The van der Waals surface area contributed by atoms with Crippen LogP contribution in [0.4, 0.5) is 0 Å². The van der Waals surface area contributed by atoms with Gasteiger partial charge in [-0.1, -0.05) is 110 Å². The Bertz CT molecular complexity index is 1430. The van der Waals surface area contributed by atoms with Crippen LogP contribution in [0.2, 0.25) is 19.6 Å². The number of benzene rings is 3. The Morgan fingerprint density at radius 2 is 1.35 bits per heavy atom. The molecule has 230 valence electrons. The summed E-state index contributed by atoms with van der Waals surface area (Å²) in [6, 6.07) is 30.2. The summed E-state index contributed by atoms with van der Waals surface area (Å²) in [4.78, 5) is 0. The van der Waals surface area contributed by atoms with Crippen LogP contribution in [0.5, 0.6) is 0 Å². The van der Waals surface area contributed by atoms with Gasteiger partial charge < -0.3 is 24.8 Å². The molecule has 0 atom stereocenters. The number of aryl methyl sites for hydroxylation is 2. The fraction of sp³-hybridized carbons (Fsp3) is 0.385. The zero-order valence-electron chi connectivity index (χ0n) is 28.4. The van der Waals surface area contributed by atoms with Crippen LogP contribution in [0.3, 0.4) is 0 Å². The maximum Gasteiger partial charge on any atom is 0.00418 e. The number of rotatable bonds is 2. The number of halogens is 2. The third-order valence-corrected chi connectivity index (χ3v) is 10.6. The Morgan fingerprint density at radius 3 is 1.77 bits per heavy atom. The molecular weight excluding hydrogens is 659 g/mol. The van der Waals surface area contributed by atoms with Gasteiger partial charge in [-0.05, 0) is 17.4 Å². The van der Waals surface area contributed by atoms with Crippen molar-refractivity contribution in [2.45, 2.75) is 99.2 Å².